The molecule has 0 aliphatic carbocycles. The number of methoxy groups -OCH3 is 1. The predicted octanol–water partition coefficient (Wildman–Crippen LogP) is 1.60. The van der Waals surface area contributed by atoms with Gasteiger partial charge in [-0.1, -0.05) is 6.07 Å². The predicted molar refractivity (Wildman–Crippen MR) is 119 cm³/mol. The van der Waals surface area contributed by atoms with Crippen molar-refractivity contribution in [2.75, 3.05) is 58.3 Å². The van der Waals surface area contributed by atoms with E-state index in [2.05, 4.69) is 15.1 Å². The summed E-state index contributed by atoms with van der Waals surface area (Å²) >= 11 is 0. The first-order valence-corrected chi connectivity index (χ1v) is 10.2. The van der Waals surface area contributed by atoms with Crippen molar-refractivity contribution < 1.29 is 19.4 Å². The van der Waals surface area contributed by atoms with Crippen molar-refractivity contribution >= 4 is 18.2 Å². The number of ether oxygens (including phenoxy) is 1. The minimum atomic E-state index is -1.09. The van der Waals surface area contributed by atoms with Gasteiger partial charge >= 0.3 is 6.09 Å². The standard InChI is InChI=1S/C22H29N5O4/c1-23-21(16-27(14-15-28)22(29)30)26-12-10-25(11-13-26)20-5-3-4-19(24-20)17-6-8-18(31-2)9-7-17/h3-9,15,21,23H,10-14,16H2,1-2H3,(H,29,30). The summed E-state index contributed by atoms with van der Waals surface area (Å²) in [6, 6.07) is 13.8. The van der Waals surface area contributed by atoms with E-state index < -0.39 is 6.09 Å². The molecule has 1 saturated heterocycles. The maximum atomic E-state index is 11.3. The van der Waals surface area contributed by atoms with Gasteiger partial charge in [0.25, 0.3) is 0 Å². The summed E-state index contributed by atoms with van der Waals surface area (Å²) in [5, 5.41) is 12.5. The molecule has 1 fully saturated rings. The maximum Gasteiger partial charge on any atom is 0.407 e. The van der Waals surface area contributed by atoms with Gasteiger partial charge in [-0.15, -0.1) is 0 Å². The first-order valence-electron chi connectivity index (χ1n) is 10.2. The van der Waals surface area contributed by atoms with Crippen LogP contribution in [0.5, 0.6) is 5.75 Å². The van der Waals surface area contributed by atoms with Gasteiger partial charge in [-0.25, -0.2) is 9.78 Å². The number of carbonyl (C=O) groups is 2. The number of carboxylic acid groups (broad SMARTS) is 1. The Morgan fingerprint density at radius 3 is 2.52 bits per heavy atom. The smallest absolute Gasteiger partial charge is 0.407 e. The van der Waals surface area contributed by atoms with Gasteiger partial charge in [-0.2, -0.15) is 0 Å². The Labute approximate surface area is 182 Å². The number of nitrogens with one attached hydrogen (secondary N) is 1. The van der Waals surface area contributed by atoms with Crippen molar-refractivity contribution in [2.45, 2.75) is 6.17 Å². The third-order valence-corrected chi connectivity index (χ3v) is 5.49. The second kappa shape index (κ2) is 10.7. The van der Waals surface area contributed by atoms with Gasteiger partial charge in [-0.3, -0.25) is 9.80 Å². The van der Waals surface area contributed by atoms with E-state index in [-0.39, 0.29) is 19.3 Å². The zero-order chi connectivity index (χ0) is 22.2. The minimum absolute atomic E-state index is 0.129. The van der Waals surface area contributed by atoms with Crippen LogP contribution in [-0.4, -0.2) is 91.9 Å². The molecule has 3 rings (SSSR count). The van der Waals surface area contributed by atoms with Gasteiger partial charge < -0.3 is 24.9 Å². The van der Waals surface area contributed by atoms with Crippen molar-refractivity contribution in [1.82, 2.24) is 20.1 Å². The van der Waals surface area contributed by atoms with Crippen LogP contribution in [0.2, 0.25) is 0 Å². The molecule has 1 unspecified atom stereocenters. The Morgan fingerprint density at radius 2 is 1.94 bits per heavy atom. The molecule has 1 aliphatic heterocycles. The SMILES string of the molecule is CNC(CN(CC=O)C(=O)O)N1CCN(c2cccc(-c3ccc(OC)cc3)n2)CC1. The topological polar surface area (TPSA) is 98.2 Å². The lowest BCUT2D eigenvalue weighted by molar-refractivity contribution is -0.108. The van der Waals surface area contributed by atoms with Gasteiger partial charge in [0.1, 0.15) is 17.9 Å². The van der Waals surface area contributed by atoms with Crippen molar-refractivity contribution in [3.05, 3.63) is 42.5 Å². The van der Waals surface area contributed by atoms with Crippen molar-refractivity contribution in [1.29, 1.82) is 0 Å². The maximum absolute atomic E-state index is 11.3. The molecule has 166 valence electrons. The summed E-state index contributed by atoms with van der Waals surface area (Å²) < 4.78 is 5.22. The Morgan fingerprint density at radius 1 is 1.23 bits per heavy atom. The Balaban J connectivity index is 1.63. The highest BCUT2D eigenvalue weighted by atomic mass is 16.5. The van der Waals surface area contributed by atoms with E-state index in [0.717, 1.165) is 53.9 Å². The summed E-state index contributed by atoms with van der Waals surface area (Å²) in [4.78, 5) is 32.5. The molecular weight excluding hydrogens is 398 g/mol. The van der Waals surface area contributed by atoms with Gasteiger partial charge in [0.05, 0.1) is 32.1 Å². The molecule has 9 nitrogen and oxygen atoms in total. The molecule has 1 aromatic heterocycles. The molecule has 2 N–H and O–H groups in total. The van der Waals surface area contributed by atoms with E-state index in [0.29, 0.717) is 6.29 Å². The Kier molecular flexibility index (Phi) is 7.80. The van der Waals surface area contributed by atoms with Crippen molar-refractivity contribution in [2.24, 2.45) is 0 Å². The fourth-order valence-corrected chi connectivity index (χ4v) is 3.70. The molecule has 0 radical (unpaired) electrons. The lowest BCUT2D eigenvalue weighted by Crippen LogP contribution is -2.58. The molecule has 0 spiro atoms. The van der Waals surface area contributed by atoms with Crippen LogP contribution in [0.3, 0.4) is 0 Å². The van der Waals surface area contributed by atoms with Crippen LogP contribution in [0, 0.1) is 0 Å². The molecule has 1 aromatic carbocycles. The van der Waals surface area contributed by atoms with E-state index in [1.54, 1.807) is 14.2 Å². The number of hydrogen-bond donors (Lipinski definition) is 2. The van der Waals surface area contributed by atoms with Crippen molar-refractivity contribution in [3.63, 3.8) is 0 Å². The van der Waals surface area contributed by atoms with Crippen molar-refractivity contribution in [3.8, 4) is 17.0 Å². The van der Waals surface area contributed by atoms with Crippen LogP contribution in [0.1, 0.15) is 0 Å². The lowest BCUT2D eigenvalue weighted by atomic mass is 10.1. The zero-order valence-corrected chi connectivity index (χ0v) is 17.9. The van der Waals surface area contributed by atoms with Crippen LogP contribution in [-0.2, 0) is 4.79 Å². The van der Waals surface area contributed by atoms with Gasteiger partial charge in [0.2, 0.25) is 0 Å². The quantitative estimate of drug-likeness (QED) is 0.583. The average Bonchev–Trinajstić information content (AvgIpc) is 2.82. The first kappa shape index (κ1) is 22.5. The third kappa shape index (κ3) is 5.71. The van der Waals surface area contributed by atoms with Crippen LogP contribution in [0.4, 0.5) is 10.6 Å². The Bertz CT molecular complexity index is 868. The summed E-state index contributed by atoms with van der Waals surface area (Å²) in [7, 11) is 3.45. The van der Waals surface area contributed by atoms with Gasteiger partial charge in [-0.05, 0) is 43.4 Å². The van der Waals surface area contributed by atoms with E-state index in [1.165, 1.54) is 0 Å². The minimum Gasteiger partial charge on any atom is -0.497 e. The molecule has 1 atom stereocenters. The summed E-state index contributed by atoms with van der Waals surface area (Å²) in [6.07, 6.45) is -0.636. The zero-order valence-electron chi connectivity index (χ0n) is 17.9. The number of hydrogen-bond acceptors (Lipinski definition) is 7. The van der Waals surface area contributed by atoms with Crippen LogP contribution in [0.25, 0.3) is 11.3 Å². The van der Waals surface area contributed by atoms with Crippen LogP contribution in [0.15, 0.2) is 42.5 Å². The number of rotatable bonds is 9. The van der Waals surface area contributed by atoms with Crippen LogP contribution >= 0.6 is 0 Å². The molecule has 0 bridgehead atoms. The third-order valence-electron chi connectivity index (χ3n) is 5.49. The van der Waals surface area contributed by atoms with E-state index in [1.807, 2.05) is 42.5 Å². The number of piperazine rings is 1. The highest BCUT2D eigenvalue weighted by molar-refractivity contribution is 5.69. The van der Waals surface area contributed by atoms with E-state index >= 15 is 0 Å². The molecule has 2 heterocycles. The molecule has 31 heavy (non-hydrogen) atoms. The fraction of sp³-hybridized carbons (Fsp3) is 0.409. The number of nitrogens with zero attached hydrogens (tertiary/aromatic N) is 4. The molecule has 1 aliphatic rings. The summed E-state index contributed by atoms with van der Waals surface area (Å²) in [5.74, 6) is 1.73. The van der Waals surface area contributed by atoms with E-state index in [9.17, 15) is 14.7 Å². The number of pyridine rings is 1. The van der Waals surface area contributed by atoms with Gasteiger partial charge in [0, 0.05) is 31.7 Å². The number of carbonyl (C=O) groups excluding carboxylic acids is 1. The second-order valence-electron chi connectivity index (χ2n) is 7.29. The molecule has 1 amide bonds. The van der Waals surface area contributed by atoms with E-state index in [4.69, 9.17) is 9.72 Å². The number of amides is 1. The summed E-state index contributed by atoms with van der Waals surface area (Å²) in [5.41, 5.74) is 1.93. The number of aldehydes is 1. The largest absolute Gasteiger partial charge is 0.497 e. The highest BCUT2D eigenvalue weighted by Gasteiger charge is 2.26. The average molecular weight is 428 g/mol. The number of benzene rings is 1. The highest BCUT2D eigenvalue weighted by Crippen LogP contribution is 2.24. The second-order valence-corrected chi connectivity index (χ2v) is 7.29. The molecule has 2 aromatic rings. The Hall–Kier alpha value is -3.17. The monoisotopic (exact) mass is 427 g/mol. The van der Waals surface area contributed by atoms with Gasteiger partial charge in [0.15, 0.2) is 0 Å². The fourth-order valence-electron chi connectivity index (χ4n) is 3.70. The summed E-state index contributed by atoms with van der Waals surface area (Å²) in [6.45, 7) is 3.17. The first-order chi connectivity index (χ1) is 15.0. The molecule has 9 heteroatoms. The normalized spacial score (nSPS) is 15.4. The number of likely N-dealkylation sites (N-methyl/N-ethyl adjacent to an activating group) is 1. The number of aromatic nitrogens is 1. The lowest BCUT2D eigenvalue weighted by Gasteiger charge is -2.40. The molecular formula is C22H29N5O4. The number of anilines is 1. The molecule has 0 saturated carbocycles. The van der Waals surface area contributed by atoms with Crippen LogP contribution < -0.4 is 15.0 Å².